The van der Waals surface area contributed by atoms with Gasteiger partial charge in [-0.15, -0.1) is 10.2 Å². The van der Waals surface area contributed by atoms with Crippen LogP contribution >= 0.6 is 11.8 Å². The molecule has 30 heavy (non-hydrogen) atoms. The average molecular weight is 428 g/mol. The maximum Gasteiger partial charge on any atom is 0.318 e. The number of hydrogen-bond donors (Lipinski definition) is 2. The van der Waals surface area contributed by atoms with Gasteiger partial charge in [0.1, 0.15) is 0 Å². The summed E-state index contributed by atoms with van der Waals surface area (Å²) in [7, 11) is 0. The lowest BCUT2D eigenvalue weighted by molar-refractivity contribution is -0.394. The Hall–Kier alpha value is -4.00. The van der Waals surface area contributed by atoms with E-state index < -0.39 is 33.2 Å². The molecule has 2 heterocycles. The van der Waals surface area contributed by atoms with Crippen molar-refractivity contribution >= 4 is 28.8 Å². The number of aromatic nitrogens is 3. The molecule has 2 aromatic carbocycles. The number of rotatable bonds is 4. The van der Waals surface area contributed by atoms with Crippen molar-refractivity contribution in [2.45, 2.75) is 11.4 Å². The fourth-order valence-electron chi connectivity index (χ4n) is 2.94. The maximum absolute atomic E-state index is 11.3. The summed E-state index contributed by atoms with van der Waals surface area (Å²) in [6.07, 6.45) is 0.525. The Morgan fingerprint density at radius 2 is 1.93 bits per heavy atom. The number of hydrogen-bond acceptors (Lipinski definition) is 11. The zero-order valence-electron chi connectivity index (χ0n) is 15.2. The molecule has 0 saturated heterocycles. The highest BCUT2D eigenvalue weighted by Crippen LogP contribution is 2.44. The number of nitro groups is 2. The summed E-state index contributed by atoms with van der Waals surface area (Å²) in [6, 6.07) is 8.65. The van der Waals surface area contributed by atoms with Crippen molar-refractivity contribution in [2.24, 2.45) is 0 Å². The van der Waals surface area contributed by atoms with Crippen molar-refractivity contribution in [1.82, 2.24) is 15.2 Å². The van der Waals surface area contributed by atoms with Crippen molar-refractivity contribution in [3.05, 3.63) is 62.2 Å². The van der Waals surface area contributed by atoms with E-state index in [0.717, 1.165) is 6.07 Å². The fraction of sp³-hybridized carbons (Fsp3) is 0.118. The number of thioether (sulfide) groups is 1. The number of anilines is 1. The molecule has 0 radical (unpaired) electrons. The van der Waals surface area contributed by atoms with Crippen LogP contribution in [0.25, 0.3) is 11.3 Å². The van der Waals surface area contributed by atoms with Gasteiger partial charge >= 0.3 is 5.69 Å². The summed E-state index contributed by atoms with van der Waals surface area (Å²) in [5.41, 5.74) is -0.137. The highest BCUT2D eigenvalue weighted by Gasteiger charge is 2.32. The maximum atomic E-state index is 11.3. The number of para-hydroxylation sites is 1. The molecular weight excluding hydrogens is 416 g/mol. The smallest absolute Gasteiger partial charge is 0.318 e. The molecule has 12 nitrogen and oxygen atoms in total. The van der Waals surface area contributed by atoms with Crippen LogP contribution in [0.4, 0.5) is 17.1 Å². The number of nitrogens with one attached hydrogen (secondary N) is 1. The number of nitro benzene ring substituents is 2. The standard InChI is InChI=1S/C17H12N6O6S/c1-30-17-19-16-13(20-21-17)9-4-2-3-5-11(9)18-15(29-16)10-6-8(22(25)26)7-12(14(10)24)23(27)28/h2-7,15,18,24H,1H3/t15-/m0/s1. The number of phenolic OH excluding ortho intramolecular Hbond substituents is 1. The molecular formula is C17H12N6O6S. The quantitative estimate of drug-likeness (QED) is 0.355. The predicted molar refractivity (Wildman–Crippen MR) is 105 cm³/mol. The van der Waals surface area contributed by atoms with Gasteiger partial charge in [-0.1, -0.05) is 30.0 Å². The van der Waals surface area contributed by atoms with Crippen molar-refractivity contribution in [2.75, 3.05) is 11.6 Å². The first kappa shape index (κ1) is 19.3. The number of ether oxygens (including phenoxy) is 1. The van der Waals surface area contributed by atoms with Crippen molar-refractivity contribution in [3.63, 3.8) is 0 Å². The lowest BCUT2D eigenvalue weighted by Crippen LogP contribution is -2.18. The van der Waals surface area contributed by atoms with E-state index in [2.05, 4.69) is 20.5 Å². The van der Waals surface area contributed by atoms with Gasteiger partial charge < -0.3 is 15.2 Å². The molecule has 0 amide bonds. The van der Waals surface area contributed by atoms with Gasteiger partial charge in [0, 0.05) is 17.3 Å². The van der Waals surface area contributed by atoms with Crippen LogP contribution in [0.5, 0.6) is 11.6 Å². The SMILES string of the molecule is CSc1nnc2c(n1)O[C@@H](c1cc([N+](=O)[O-])cc([N+](=O)[O-])c1O)Nc1ccccc1-2. The molecule has 0 unspecified atom stereocenters. The molecule has 3 aromatic rings. The topological polar surface area (TPSA) is 166 Å². The van der Waals surface area contributed by atoms with Crippen LogP contribution in [-0.2, 0) is 0 Å². The number of fused-ring (bicyclic) bond motifs is 3. The van der Waals surface area contributed by atoms with Crippen molar-refractivity contribution < 1.29 is 19.7 Å². The highest BCUT2D eigenvalue weighted by molar-refractivity contribution is 7.98. The molecule has 1 atom stereocenters. The first-order valence-corrected chi connectivity index (χ1v) is 9.58. The van der Waals surface area contributed by atoms with Crippen molar-refractivity contribution in [3.8, 4) is 22.9 Å². The minimum atomic E-state index is -1.22. The van der Waals surface area contributed by atoms with Crippen LogP contribution in [-0.4, -0.2) is 36.4 Å². The summed E-state index contributed by atoms with van der Waals surface area (Å²) in [4.78, 5) is 25.2. The molecule has 2 N–H and O–H groups in total. The predicted octanol–water partition coefficient (Wildman–Crippen LogP) is 3.29. The van der Waals surface area contributed by atoms with E-state index in [1.165, 1.54) is 11.8 Å². The van der Waals surface area contributed by atoms with Crippen LogP contribution in [0.3, 0.4) is 0 Å². The third-order valence-corrected chi connectivity index (χ3v) is 4.85. The van der Waals surface area contributed by atoms with Gasteiger partial charge in [-0.25, -0.2) is 0 Å². The van der Waals surface area contributed by atoms with E-state index in [9.17, 15) is 25.3 Å². The molecule has 152 valence electrons. The number of benzene rings is 2. The molecule has 1 aliphatic rings. The Labute approximate surface area is 172 Å². The van der Waals surface area contributed by atoms with Gasteiger partial charge in [0.2, 0.25) is 23.0 Å². The third-order valence-electron chi connectivity index (χ3n) is 4.31. The summed E-state index contributed by atoms with van der Waals surface area (Å²) >= 11 is 1.23. The molecule has 4 rings (SSSR count). The minimum Gasteiger partial charge on any atom is -0.502 e. The first-order chi connectivity index (χ1) is 14.4. The van der Waals surface area contributed by atoms with Crippen LogP contribution in [0, 0.1) is 20.2 Å². The van der Waals surface area contributed by atoms with Crippen molar-refractivity contribution in [1.29, 1.82) is 0 Å². The first-order valence-electron chi connectivity index (χ1n) is 8.36. The lowest BCUT2D eigenvalue weighted by Gasteiger charge is -2.20. The van der Waals surface area contributed by atoms with Gasteiger partial charge in [0.05, 0.1) is 21.5 Å². The second kappa shape index (κ2) is 7.44. The zero-order chi connectivity index (χ0) is 21.4. The molecule has 0 aliphatic carbocycles. The monoisotopic (exact) mass is 428 g/mol. The highest BCUT2D eigenvalue weighted by atomic mass is 32.2. The number of non-ortho nitro benzene ring substituents is 1. The molecule has 13 heteroatoms. The molecule has 1 aromatic heterocycles. The number of phenols is 1. The van der Waals surface area contributed by atoms with E-state index in [0.29, 0.717) is 28.2 Å². The summed E-state index contributed by atoms with van der Waals surface area (Å²) in [6.45, 7) is 0. The lowest BCUT2D eigenvalue weighted by atomic mass is 10.1. The van der Waals surface area contributed by atoms with Crippen LogP contribution in [0.2, 0.25) is 0 Å². The van der Waals surface area contributed by atoms with E-state index in [1.54, 1.807) is 30.5 Å². The molecule has 1 aliphatic heterocycles. The molecule has 0 saturated carbocycles. The molecule has 0 bridgehead atoms. The largest absolute Gasteiger partial charge is 0.502 e. The average Bonchev–Trinajstić information content (AvgIpc) is 2.89. The second-order valence-electron chi connectivity index (χ2n) is 6.06. The molecule has 0 fully saturated rings. The zero-order valence-corrected chi connectivity index (χ0v) is 16.0. The van der Waals surface area contributed by atoms with Gasteiger partial charge in [-0.3, -0.25) is 20.2 Å². The Bertz CT molecular complexity index is 1190. The van der Waals surface area contributed by atoms with Crippen LogP contribution in [0.1, 0.15) is 11.8 Å². The van der Waals surface area contributed by atoms with E-state index >= 15 is 0 Å². The number of nitrogens with zero attached hydrogens (tertiary/aromatic N) is 5. The van der Waals surface area contributed by atoms with E-state index in [1.807, 2.05) is 0 Å². The summed E-state index contributed by atoms with van der Waals surface area (Å²) in [5.74, 6) is -0.693. The van der Waals surface area contributed by atoms with Gasteiger partial charge in [0.15, 0.2) is 5.69 Å². The Morgan fingerprint density at radius 3 is 2.63 bits per heavy atom. The molecule has 0 spiro atoms. The van der Waals surface area contributed by atoms with Gasteiger partial charge in [-0.05, 0) is 12.3 Å². The van der Waals surface area contributed by atoms with E-state index in [-0.39, 0.29) is 11.4 Å². The van der Waals surface area contributed by atoms with E-state index in [4.69, 9.17) is 4.74 Å². The second-order valence-corrected chi connectivity index (χ2v) is 6.83. The minimum absolute atomic E-state index is 0.0605. The normalized spacial score (nSPS) is 14.5. The Morgan fingerprint density at radius 1 is 1.17 bits per heavy atom. The summed E-state index contributed by atoms with van der Waals surface area (Å²) in [5, 5.41) is 44.5. The number of aromatic hydroxyl groups is 1. The fourth-order valence-corrected chi connectivity index (χ4v) is 3.24. The summed E-state index contributed by atoms with van der Waals surface area (Å²) < 4.78 is 5.88. The van der Waals surface area contributed by atoms with Gasteiger partial charge in [-0.2, -0.15) is 4.98 Å². The van der Waals surface area contributed by atoms with Crippen LogP contribution in [0.15, 0.2) is 41.6 Å². The van der Waals surface area contributed by atoms with Gasteiger partial charge in [0.25, 0.3) is 5.69 Å². The Balaban J connectivity index is 1.92. The Kier molecular flexibility index (Phi) is 4.79. The van der Waals surface area contributed by atoms with Crippen LogP contribution < -0.4 is 10.1 Å². The third kappa shape index (κ3) is 3.30.